The van der Waals surface area contributed by atoms with Gasteiger partial charge < -0.3 is 14.8 Å². The zero-order valence-corrected chi connectivity index (χ0v) is 8.84. The lowest BCUT2D eigenvalue weighted by Crippen LogP contribution is -2.21. The molecule has 1 rings (SSSR count). The fraction of sp³-hybridized carbons (Fsp3) is 0.273. The van der Waals surface area contributed by atoms with Crippen molar-refractivity contribution in [3.63, 3.8) is 0 Å². The second-order valence-corrected chi connectivity index (χ2v) is 2.83. The third-order valence-corrected chi connectivity index (χ3v) is 1.69. The van der Waals surface area contributed by atoms with Gasteiger partial charge in [0.15, 0.2) is 0 Å². The van der Waals surface area contributed by atoms with Crippen LogP contribution in [0.25, 0.3) is 0 Å². The molecule has 0 atom stereocenters. The normalized spacial score (nSPS) is 8.40. The first-order valence-electron chi connectivity index (χ1n) is 4.53. The summed E-state index contributed by atoms with van der Waals surface area (Å²) in [5.41, 5.74) is 0.220. The van der Waals surface area contributed by atoms with Crippen LogP contribution >= 0.6 is 0 Å². The number of carboxylic acids is 1. The summed E-state index contributed by atoms with van der Waals surface area (Å²) < 4.78 is 0. The average molecular weight is 208 g/mol. The zero-order chi connectivity index (χ0) is 11.7. The highest BCUT2D eigenvalue weighted by Gasteiger charge is 1.85. The van der Waals surface area contributed by atoms with Gasteiger partial charge in [-0.2, -0.15) is 0 Å². The van der Waals surface area contributed by atoms with Crippen LogP contribution in [0, 0.1) is 0 Å². The Morgan fingerprint density at radius 2 is 1.93 bits per heavy atom. The van der Waals surface area contributed by atoms with Crippen LogP contribution in [0.1, 0.15) is 17.3 Å². The van der Waals surface area contributed by atoms with Crippen molar-refractivity contribution in [1.29, 1.82) is 0 Å². The second-order valence-electron chi connectivity index (χ2n) is 2.83. The van der Waals surface area contributed by atoms with Crippen LogP contribution in [0.2, 0.25) is 0 Å². The SMILES string of the molecule is CCN(C)C=O.O=C([O-])c1ccccc1. The van der Waals surface area contributed by atoms with E-state index in [1.165, 1.54) is 12.1 Å². The van der Waals surface area contributed by atoms with E-state index in [-0.39, 0.29) is 5.56 Å². The first-order valence-corrected chi connectivity index (χ1v) is 4.53. The molecule has 4 nitrogen and oxygen atoms in total. The molecule has 82 valence electrons. The Morgan fingerprint density at radius 3 is 2.13 bits per heavy atom. The van der Waals surface area contributed by atoms with Crippen molar-refractivity contribution in [2.24, 2.45) is 0 Å². The first-order chi connectivity index (χ1) is 7.11. The minimum absolute atomic E-state index is 0.220. The molecule has 0 saturated heterocycles. The molecule has 1 aromatic carbocycles. The van der Waals surface area contributed by atoms with Gasteiger partial charge >= 0.3 is 0 Å². The van der Waals surface area contributed by atoms with Gasteiger partial charge in [-0.15, -0.1) is 0 Å². The molecule has 1 amide bonds. The Balaban J connectivity index is 0.000000288. The van der Waals surface area contributed by atoms with Crippen LogP contribution in [0.3, 0.4) is 0 Å². The number of amides is 1. The van der Waals surface area contributed by atoms with Gasteiger partial charge in [0.1, 0.15) is 0 Å². The zero-order valence-electron chi connectivity index (χ0n) is 8.84. The molecule has 0 heterocycles. The van der Waals surface area contributed by atoms with Gasteiger partial charge in [0, 0.05) is 13.6 Å². The van der Waals surface area contributed by atoms with E-state index in [0.29, 0.717) is 0 Å². The van der Waals surface area contributed by atoms with Crippen LogP contribution in [0.15, 0.2) is 30.3 Å². The lowest BCUT2D eigenvalue weighted by molar-refractivity contribution is -0.255. The molecule has 15 heavy (non-hydrogen) atoms. The van der Waals surface area contributed by atoms with E-state index < -0.39 is 5.97 Å². The molecular formula is C11H14NO3-. The molecule has 0 aliphatic carbocycles. The molecule has 0 fully saturated rings. The van der Waals surface area contributed by atoms with Crippen LogP contribution < -0.4 is 5.11 Å². The number of rotatable bonds is 3. The van der Waals surface area contributed by atoms with Gasteiger partial charge in [-0.05, 0) is 12.5 Å². The van der Waals surface area contributed by atoms with Crippen molar-refractivity contribution in [3.8, 4) is 0 Å². The highest BCUT2D eigenvalue weighted by Crippen LogP contribution is 1.94. The maximum absolute atomic E-state index is 10.1. The Bertz CT molecular complexity index is 298. The number of carbonyl (C=O) groups is 2. The van der Waals surface area contributed by atoms with E-state index in [2.05, 4.69) is 0 Å². The van der Waals surface area contributed by atoms with Crippen molar-refractivity contribution in [1.82, 2.24) is 4.90 Å². The highest BCUT2D eigenvalue weighted by molar-refractivity contribution is 5.85. The molecular weight excluding hydrogens is 194 g/mol. The minimum atomic E-state index is -1.13. The maximum Gasteiger partial charge on any atom is 0.209 e. The molecule has 0 unspecified atom stereocenters. The minimum Gasteiger partial charge on any atom is -0.545 e. The topological polar surface area (TPSA) is 60.4 Å². The summed E-state index contributed by atoms with van der Waals surface area (Å²) in [7, 11) is 1.74. The summed E-state index contributed by atoms with van der Waals surface area (Å²) in [4.78, 5) is 21.3. The predicted octanol–water partition coefficient (Wildman–Crippen LogP) is 0.145. The van der Waals surface area contributed by atoms with Crippen molar-refractivity contribution in [2.75, 3.05) is 13.6 Å². The summed E-state index contributed by atoms with van der Waals surface area (Å²) in [5.74, 6) is -1.13. The van der Waals surface area contributed by atoms with Gasteiger partial charge in [0.2, 0.25) is 6.41 Å². The fourth-order valence-electron chi connectivity index (χ4n) is 0.649. The summed E-state index contributed by atoms with van der Waals surface area (Å²) in [6.45, 7) is 2.72. The lowest BCUT2D eigenvalue weighted by atomic mass is 10.2. The number of aromatic carboxylic acids is 1. The van der Waals surface area contributed by atoms with E-state index in [1.807, 2.05) is 6.92 Å². The second kappa shape index (κ2) is 7.55. The van der Waals surface area contributed by atoms with Crippen molar-refractivity contribution < 1.29 is 14.7 Å². The van der Waals surface area contributed by atoms with Crippen molar-refractivity contribution >= 4 is 12.4 Å². The lowest BCUT2D eigenvalue weighted by Gasteiger charge is -2.01. The molecule has 0 bridgehead atoms. The third kappa shape index (κ3) is 6.26. The standard InChI is InChI=1S/C7H6O2.C4H9NO/c8-7(9)6-4-2-1-3-5-6;1-3-5(2)4-6/h1-5H,(H,8,9);4H,3H2,1-2H3/p-1. The number of hydrogen-bond donors (Lipinski definition) is 0. The van der Waals surface area contributed by atoms with Crippen molar-refractivity contribution in [3.05, 3.63) is 35.9 Å². The molecule has 0 aliphatic heterocycles. The van der Waals surface area contributed by atoms with E-state index in [0.717, 1.165) is 13.0 Å². The molecule has 0 aromatic heterocycles. The van der Waals surface area contributed by atoms with Crippen molar-refractivity contribution in [2.45, 2.75) is 6.92 Å². The number of nitrogens with zero attached hydrogens (tertiary/aromatic N) is 1. The molecule has 0 aliphatic rings. The first kappa shape index (κ1) is 13.2. The summed E-state index contributed by atoms with van der Waals surface area (Å²) >= 11 is 0. The maximum atomic E-state index is 10.1. The Kier molecular flexibility index (Phi) is 6.63. The largest absolute Gasteiger partial charge is 0.545 e. The summed E-state index contributed by atoms with van der Waals surface area (Å²) in [6.07, 6.45) is 0.806. The average Bonchev–Trinajstić information content (AvgIpc) is 2.30. The van der Waals surface area contributed by atoms with Gasteiger partial charge in [0.05, 0.1) is 5.97 Å². The Labute approximate surface area is 89.1 Å². The smallest absolute Gasteiger partial charge is 0.209 e. The monoisotopic (exact) mass is 208 g/mol. The van der Waals surface area contributed by atoms with E-state index in [1.54, 1.807) is 30.1 Å². The van der Waals surface area contributed by atoms with Gasteiger partial charge in [-0.25, -0.2) is 0 Å². The molecule has 0 spiro atoms. The van der Waals surface area contributed by atoms with E-state index in [9.17, 15) is 14.7 Å². The van der Waals surface area contributed by atoms with Crippen LogP contribution in [0.4, 0.5) is 0 Å². The van der Waals surface area contributed by atoms with E-state index >= 15 is 0 Å². The van der Waals surface area contributed by atoms with Gasteiger partial charge in [-0.1, -0.05) is 30.3 Å². The molecule has 4 heteroatoms. The van der Waals surface area contributed by atoms with Crippen LogP contribution in [0.5, 0.6) is 0 Å². The number of carbonyl (C=O) groups excluding carboxylic acids is 2. The van der Waals surface area contributed by atoms with E-state index in [4.69, 9.17) is 0 Å². The molecule has 0 radical (unpaired) electrons. The molecule has 0 N–H and O–H groups in total. The van der Waals surface area contributed by atoms with Gasteiger partial charge in [-0.3, -0.25) is 4.79 Å². The summed E-state index contributed by atoms with van der Waals surface area (Å²) in [6, 6.07) is 8.06. The highest BCUT2D eigenvalue weighted by atomic mass is 16.4. The molecule has 0 saturated carbocycles. The Hall–Kier alpha value is -1.84. The number of hydrogen-bond acceptors (Lipinski definition) is 3. The predicted molar refractivity (Wildman–Crippen MR) is 55.1 cm³/mol. The van der Waals surface area contributed by atoms with Crippen LogP contribution in [-0.2, 0) is 4.79 Å². The summed E-state index contributed by atoms with van der Waals surface area (Å²) in [5, 5.41) is 10.1. The molecule has 1 aromatic rings. The fourth-order valence-corrected chi connectivity index (χ4v) is 0.649. The Morgan fingerprint density at radius 1 is 1.40 bits per heavy atom. The quantitative estimate of drug-likeness (QED) is 0.664. The number of carboxylic acid groups (broad SMARTS) is 1. The van der Waals surface area contributed by atoms with Crippen LogP contribution in [-0.4, -0.2) is 30.9 Å². The number of benzene rings is 1. The third-order valence-electron chi connectivity index (χ3n) is 1.69. The van der Waals surface area contributed by atoms with Gasteiger partial charge in [0.25, 0.3) is 0 Å².